The van der Waals surface area contributed by atoms with Gasteiger partial charge in [0.2, 0.25) is 0 Å². The van der Waals surface area contributed by atoms with Crippen molar-refractivity contribution in [2.75, 3.05) is 11.9 Å². The average molecular weight is 465 g/mol. The van der Waals surface area contributed by atoms with Crippen LogP contribution in [0.3, 0.4) is 0 Å². The third-order valence-electron chi connectivity index (χ3n) is 4.41. The van der Waals surface area contributed by atoms with Gasteiger partial charge < -0.3 is 25.6 Å². The van der Waals surface area contributed by atoms with Gasteiger partial charge in [-0.25, -0.2) is 18.4 Å². The molecule has 0 heterocycles. The molecule has 0 aliphatic carbocycles. The fourth-order valence-corrected chi connectivity index (χ4v) is 3.11. The van der Waals surface area contributed by atoms with Gasteiger partial charge in [0.15, 0.2) is 0 Å². The van der Waals surface area contributed by atoms with E-state index >= 15 is 0 Å². The summed E-state index contributed by atoms with van der Waals surface area (Å²) in [5.74, 6) is -1.52. The lowest BCUT2D eigenvalue weighted by atomic mass is 10.0. The first kappa shape index (κ1) is 26.0. The van der Waals surface area contributed by atoms with E-state index in [0.717, 1.165) is 23.8 Å². The van der Waals surface area contributed by atoms with E-state index in [0.29, 0.717) is 12.2 Å². The maximum absolute atomic E-state index is 13.6. The second-order valence-electron chi connectivity index (χ2n) is 8.56. The van der Waals surface area contributed by atoms with Crippen LogP contribution in [0, 0.1) is 11.6 Å². The third-order valence-corrected chi connectivity index (χ3v) is 4.41. The molecule has 33 heavy (non-hydrogen) atoms. The van der Waals surface area contributed by atoms with Crippen molar-refractivity contribution in [1.82, 2.24) is 10.6 Å². The van der Waals surface area contributed by atoms with Crippen LogP contribution in [0.2, 0.25) is 0 Å². The van der Waals surface area contributed by atoms with E-state index in [9.17, 15) is 23.5 Å². The van der Waals surface area contributed by atoms with E-state index in [2.05, 4.69) is 16.0 Å². The number of ether oxygens (including phenoxy) is 1. The molecule has 0 aliphatic heterocycles. The number of aliphatic hydroxyl groups excluding tert-OH is 1. The number of hydrogen-bond acceptors (Lipinski definition) is 5. The van der Waals surface area contributed by atoms with Crippen LogP contribution in [-0.2, 0) is 17.7 Å². The maximum Gasteiger partial charge on any atom is 0.409 e. The lowest BCUT2D eigenvalue weighted by Gasteiger charge is -2.27. The molecule has 0 fully saturated rings. The molecule has 0 unspecified atom stereocenters. The Morgan fingerprint density at radius 1 is 1.06 bits per heavy atom. The van der Waals surface area contributed by atoms with E-state index in [4.69, 9.17) is 9.84 Å². The number of carbonyl (C=O) groups excluding carboxylic acids is 1. The molecule has 8 nitrogen and oxygen atoms in total. The normalized spacial score (nSPS) is 13.2. The molecule has 2 atom stereocenters. The molecule has 2 amide bonds. The Balaban J connectivity index is 2.04. The number of hydrogen-bond donors (Lipinski definition) is 5. The topological polar surface area (TPSA) is 120 Å². The molecular weight excluding hydrogens is 436 g/mol. The smallest absolute Gasteiger partial charge is 0.409 e. The summed E-state index contributed by atoms with van der Waals surface area (Å²) in [6.45, 7) is 5.41. The fourth-order valence-electron chi connectivity index (χ4n) is 3.11. The molecule has 0 spiro atoms. The van der Waals surface area contributed by atoms with Crippen LogP contribution in [-0.4, -0.2) is 46.7 Å². The SMILES string of the molecule is CC(C)(C)OC(=O)N[C@@H](Cc1cc(F)cc(F)c1)[C@H](O)CNCc1cccc(NC(=O)O)c1. The van der Waals surface area contributed by atoms with Gasteiger partial charge in [0.25, 0.3) is 0 Å². The second-order valence-corrected chi connectivity index (χ2v) is 8.56. The zero-order valence-electron chi connectivity index (χ0n) is 18.7. The Hall–Kier alpha value is -3.24. The number of carbonyl (C=O) groups is 2. The Kier molecular flexibility index (Phi) is 9.12. The largest absolute Gasteiger partial charge is 0.465 e. The van der Waals surface area contributed by atoms with Crippen molar-refractivity contribution in [3.63, 3.8) is 0 Å². The quantitative estimate of drug-likeness (QED) is 0.386. The summed E-state index contributed by atoms with van der Waals surface area (Å²) in [5, 5.41) is 27.4. The molecule has 10 heteroatoms. The molecule has 0 saturated heterocycles. The number of rotatable bonds is 9. The maximum atomic E-state index is 13.6. The minimum absolute atomic E-state index is 0.0330. The van der Waals surface area contributed by atoms with Crippen LogP contribution in [0.5, 0.6) is 0 Å². The summed E-state index contributed by atoms with van der Waals surface area (Å²) in [6, 6.07) is 8.81. The van der Waals surface area contributed by atoms with Crippen molar-refractivity contribution in [2.45, 2.75) is 51.5 Å². The van der Waals surface area contributed by atoms with Crippen LogP contribution >= 0.6 is 0 Å². The third kappa shape index (κ3) is 9.84. The Morgan fingerprint density at radius 3 is 2.33 bits per heavy atom. The first-order valence-electron chi connectivity index (χ1n) is 10.3. The van der Waals surface area contributed by atoms with Crippen molar-refractivity contribution in [3.8, 4) is 0 Å². The summed E-state index contributed by atoms with van der Waals surface area (Å²) in [7, 11) is 0. The lowest BCUT2D eigenvalue weighted by Crippen LogP contribution is -2.49. The van der Waals surface area contributed by atoms with Crippen LogP contribution in [0.25, 0.3) is 0 Å². The van der Waals surface area contributed by atoms with E-state index in [-0.39, 0.29) is 18.5 Å². The van der Waals surface area contributed by atoms with Crippen molar-refractivity contribution >= 4 is 17.9 Å². The van der Waals surface area contributed by atoms with Crippen LogP contribution in [0.4, 0.5) is 24.1 Å². The molecule has 0 radical (unpaired) electrons. The highest BCUT2D eigenvalue weighted by Gasteiger charge is 2.25. The number of nitrogens with one attached hydrogen (secondary N) is 3. The number of amides is 2. The highest BCUT2D eigenvalue weighted by molar-refractivity contribution is 5.82. The number of halogens is 2. The number of benzene rings is 2. The first-order chi connectivity index (χ1) is 15.4. The van der Waals surface area contributed by atoms with E-state index < -0.39 is 41.6 Å². The van der Waals surface area contributed by atoms with Gasteiger partial charge in [-0.15, -0.1) is 0 Å². The molecule has 2 aromatic rings. The van der Waals surface area contributed by atoms with Gasteiger partial charge in [0.1, 0.15) is 17.2 Å². The standard InChI is InChI=1S/C23H29F2N3O5/c1-23(2,3)33-22(32)28-19(10-15-7-16(24)11-17(25)8-15)20(29)13-26-12-14-5-4-6-18(9-14)27-21(30)31/h4-9,11,19-20,26-27,29H,10,12-13H2,1-3H3,(H,28,32)(H,30,31)/t19-,20+/m0/s1. The zero-order valence-corrected chi connectivity index (χ0v) is 18.7. The molecule has 2 rings (SSSR count). The summed E-state index contributed by atoms with van der Waals surface area (Å²) >= 11 is 0. The van der Waals surface area contributed by atoms with E-state index in [1.165, 1.54) is 0 Å². The molecular formula is C23H29F2N3O5. The predicted molar refractivity (Wildman–Crippen MR) is 119 cm³/mol. The highest BCUT2D eigenvalue weighted by atomic mass is 19.1. The molecule has 0 saturated carbocycles. The van der Waals surface area contributed by atoms with Crippen LogP contribution in [0.15, 0.2) is 42.5 Å². The summed E-state index contributed by atoms with van der Waals surface area (Å²) < 4.78 is 32.4. The van der Waals surface area contributed by atoms with E-state index in [1.54, 1.807) is 45.0 Å². The Morgan fingerprint density at radius 2 is 1.73 bits per heavy atom. The number of alkyl carbamates (subject to hydrolysis) is 1. The van der Waals surface area contributed by atoms with Gasteiger partial charge >= 0.3 is 12.2 Å². The van der Waals surface area contributed by atoms with Gasteiger partial charge in [0.05, 0.1) is 12.1 Å². The first-order valence-corrected chi connectivity index (χ1v) is 10.3. The Labute approximate surface area is 191 Å². The molecule has 0 aromatic heterocycles. The molecule has 0 bridgehead atoms. The van der Waals surface area contributed by atoms with Crippen molar-refractivity contribution in [1.29, 1.82) is 0 Å². The number of aliphatic hydroxyl groups is 1. The van der Waals surface area contributed by atoms with E-state index in [1.807, 2.05) is 0 Å². The molecule has 0 aliphatic rings. The average Bonchev–Trinajstić information content (AvgIpc) is 2.65. The minimum Gasteiger partial charge on any atom is -0.465 e. The van der Waals surface area contributed by atoms with Gasteiger partial charge in [-0.1, -0.05) is 12.1 Å². The van der Waals surface area contributed by atoms with Gasteiger partial charge in [0, 0.05) is 24.8 Å². The summed E-state index contributed by atoms with van der Waals surface area (Å²) in [6.07, 6.45) is -3.10. The van der Waals surface area contributed by atoms with Gasteiger partial charge in [-0.3, -0.25) is 5.32 Å². The molecule has 5 N–H and O–H groups in total. The molecule has 180 valence electrons. The fraction of sp³-hybridized carbons (Fsp3) is 0.391. The predicted octanol–water partition coefficient (Wildman–Crippen LogP) is 3.64. The van der Waals surface area contributed by atoms with Gasteiger partial charge in [-0.2, -0.15) is 0 Å². The van der Waals surface area contributed by atoms with Crippen molar-refractivity contribution < 1.29 is 33.3 Å². The summed E-state index contributed by atoms with van der Waals surface area (Å²) in [4.78, 5) is 23.0. The van der Waals surface area contributed by atoms with Crippen molar-refractivity contribution in [3.05, 3.63) is 65.2 Å². The van der Waals surface area contributed by atoms with Crippen LogP contribution < -0.4 is 16.0 Å². The molecule has 2 aromatic carbocycles. The van der Waals surface area contributed by atoms with Crippen LogP contribution in [0.1, 0.15) is 31.9 Å². The number of anilines is 1. The zero-order chi connectivity index (χ0) is 24.6. The minimum atomic E-state index is -1.18. The monoisotopic (exact) mass is 465 g/mol. The summed E-state index contributed by atoms with van der Waals surface area (Å²) in [5.41, 5.74) is 0.662. The van der Waals surface area contributed by atoms with Crippen molar-refractivity contribution in [2.24, 2.45) is 0 Å². The Bertz CT molecular complexity index is 945. The highest BCUT2D eigenvalue weighted by Crippen LogP contribution is 2.14. The second kappa shape index (κ2) is 11.6. The lowest BCUT2D eigenvalue weighted by molar-refractivity contribution is 0.0422. The van der Waals surface area contributed by atoms with Gasteiger partial charge in [-0.05, 0) is 62.6 Å². The number of carboxylic acid groups (broad SMARTS) is 1.